The summed E-state index contributed by atoms with van der Waals surface area (Å²) < 4.78 is 27.0. The number of aromatic nitrogens is 3. The molecule has 0 fully saturated rings. The second-order valence-corrected chi connectivity index (χ2v) is 6.00. The Balaban J connectivity index is 2.30. The molecule has 0 unspecified atom stereocenters. The Morgan fingerprint density at radius 1 is 1.44 bits per heavy atom. The van der Waals surface area contributed by atoms with E-state index >= 15 is 0 Å². The number of H-pyrrole nitrogens is 1. The molecule has 4 N–H and O–H groups in total. The normalized spacial score (nSPS) is 11.4. The average Bonchev–Trinajstić information content (AvgIpc) is 2.71. The quantitative estimate of drug-likeness (QED) is 0.783. The standard InChI is InChI=1S/C9H10BrN5O2S/c1-5-4-6(2-3-7(5)10)15-18(16,17)9-12-8(11)13-14-9/h2-4,15H,1H3,(H3,11,12,13,14). The van der Waals surface area contributed by atoms with E-state index in [2.05, 4.69) is 35.8 Å². The van der Waals surface area contributed by atoms with Crippen LogP contribution in [0.3, 0.4) is 0 Å². The number of benzene rings is 1. The van der Waals surface area contributed by atoms with Gasteiger partial charge in [-0.05, 0) is 30.7 Å². The monoisotopic (exact) mass is 331 g/mol. The van der Waals surface area contributed by atoms with E-state index in [0.29, 0.717) is 5.69 Å². The molecule has 9 heteroatoms. The predicted octanol–water partition coefficient (Wildman–Crippen LogP) is 1.26. The number of anilines is 2. The molecule has 18 heavy (non-hydrogen) atoms. The Kier molecular flexibility index (Phi) is 3.26. The summed E-state index contributed by atoms with van der Waals surface area (Å²) in [7, 11) is -3.82. The second-order valence-electron chi connectivity index (χ2n) is 3.57. The highest BCUT2D eigenvalue weighted by Crippen LogP contribution is 2.21. The van der Waals surface area contributed by atoms with Crippen molar-refractivity contribution in [3.8, 4) is 0 Å². The van der Waals surface area contributed by atoms with Crippen LogP contribution in [0, 0.1) is 6.92 Å². The number of rotatable bonds is 3. The van der Waals surface area contributed by atoms with Crippen molar-refractivity contribution in [2.45, 2.75) is 12.1 Å². The Morgan fingerprint density at radius 3 is 2.72 bits per heavy atom. The molecule has 0 aliphatic rings. The molecular formula is C9H10BrN5O2S. The maximum absolute atomic E-state index is 11.9. The molecule has 7 nitrogen and oxygen atoms in total. The minimum atomic E-state index is -3.82. The summed E-state index contributed by atoms with van der Waals surface area (Å²) in [6, 6.07) is 5.07. The maximum atomic E-state index is 11.9. The number of nitrogens with one attached hydrogen (secondary N) is 2. The first-order valence-electron chi connectivity index (χ1n) is 4.85. The van der Waals surface area contributed by atoms with Gasteiger partial charge in [-0.3, -0.25) is 4.72 Å². The van der Waals surface area contributed by atoms with Gasteiger partial charge in [-0.2, -0.15) is 13.4 Å². The van der Waals surface area contributed by atoms with Gasteiger partial charge in [0.05, 0.1) is 0 Å². The van der Waals surface area contributed by atoms with Gasteiger partial charge >= 0.3 is 0 Å². The lowest BCUT2D eigenvalue weighted by atomic mass is 10.2. The number of halogens is 1. The Hall–Kier alpha value is -1.61. The molecule has 1 aromatic carbocycles. The fraction of sp³-hybridized carbons (Fsp3) is 0.111. The smallest absolute Gasteiger partial charge is 0.299 e. The van der Waals surface area contributed by atoms with Crippen LogP contribution in [-0.4, -0.2) is 23.6 Å². The number of nitrogens with zero attached hydrogens (tertiary/aromatic N) is 2. The predicted molar refractivity (Wildman–Crippen MR) is 70.5 cm³/mol. The molecule has 0 saturated carbocycles. The first kappa shape index (κ1) is 12.8. The first-order chi connectivity index (χ1) is 8.38. The first-order valence-corrected chi connectivity index (χ1v) is 7.13. The van der Waals surface area contributed by atoms with Crippen LogP contribution in [0.4, 0.5) is 11.6 Å². The van der Waals surface area contributed by atoms with E-state index in [1.54, 1.807) is 18.2 Å². The fourth-order valence-electron chi connectivity index (χ4n) is 1.29. The van der Waals surface area contributed by atoms with E-state index in [4.69, 9.17) is 5.73 Å². The van der Waals surface area contributed by atoms with Crippen LogP contribution < -0.4 is 10.5 Å². The third-order valence-corrected chi connectivity index (χ3v) is 4.19. The number of nitrogens with two attached hydrogens (primary N) is 1. The number of aromatic amines is 1. The molecule has 2 rings (SSSR count). The second kappa shape index (κ2) is 4.58. The lowest BCUT2D eigenvalue weighted by molar-refractivity contribution is 0.593. The van der Waals surface area contributed by atoms with Crippen LogP contribution in [0.15, 0.2) is 27.8 Å². The van der Waals surface area contributed by atoms with Gasteiger partial charge in [0.25, 0.3) is 15.2 Å². The molecule has 0 radical (unpaired) electrons. The van der Waals surface area contributed by atoms with Crippen LogP contribution in [0.25, 0.3) is 0 Å². The molecule has 1 heterocycles. The Bertz CT molecular complexity index is 682. The van der Waals surface area contributed by atoms with Gasteiger partial charge in [0.15, 0.2) is 0 Å². The number of aryl methyl sites for hydroxylation is 1. The molecule has 0 atom stereocenters. The molecule has 96 valence electrons. The third kappa shape index (κ3) is 2.62. The van der Waals surface area contributed by atoms with E-state index in [-0.39, 0.29) is 11.1 Å². The summed E-state index contributed by atoms with van der Waals surface area (Å²) in [5.74, 6) is -0.0534. The van der Waals surface area contributed by atoms with Crippen LogP contribution in [0.1, 0.15) is 5.56 Å². The zero-order valence-corrected chi connectivity index (χ0v) is 11.7. The van der Waals surface area contributed by atoms with Gasteiger partial charge < -0.3 is 5.73 Å². The SMILES string of the molecule is Cc1cc(NS(=O)(=O)c2n[nH]c(N)n2)ccc1Br. The van der Waals surface area contributed by atoms with Crippen LogP contribution in [0.5, 0.6) is 0 Å². The number of hydrogen-bond donors (Lipinski definition) is 3. The molecule has 2 aromatic rings. The highest BCUT2D eigenvalue weighted by atomic mass is 79.9. The van der Waals surface area contributed by atoms with Crippen molar-refractivity contribution in [2.24, 2.45) is 0 Å². The van der Waals surface area contributed by atoms with Gasteiger partial charge in [-0.15, -0.1) is 5.10 Å². The lowest BCUT2D eigenvalue weighted by Gasteiger charge is -2.06. The van der Waals surface area contributed by atoms with Crippen molar-refractivity contribution in [1.82, 2.24) is 15.2 Å². The van der Waals surface area contributed by atoms with Crippen molar-refractivity contribution in [1.29, 1.82) is 0 Å². The average molecular weight is 332 g/mol. The van der Waals surface area contributed by atoms with E-state index in [9.17, 15) is 8.42 Å². The Morgan fingerprint density at radius 2 is 2.17 bits per heavy atom. The Labute approximate surface area is 112 Å². The van der Waals surface area contributed by atoms with Gasteiger partial charge in [0, 0.05) is 10.2 Å². The van der Waals surface area contributed by atoms with Gasteiger partial charge in [-0.25, -0.2) is 5.10 Å². The van der Waals surface area contributed by atoms with E-state index in [0.717, 1.165) is 10.0 Å². The van der Waals surface area contributed by atoms with Crippen LogP contribution in [-0.2, 0) is 10.0 Å². The fourth-order valence-corrected chi connectivity index (χ4v) is 2.45. The van der Waals surface area contributed by atoms with Gasteiger partial charge in [-0.1, -0.05) is 15.9 Å². The summed E-state index contributed by atoms with van der Waals surface area (Å²) in [6.45, 7) is 1.85. The van der Waals surface area contributed by atoms with E-state index in [1.165, 1.54) is 0 Å². The van der Waals surface area contributed by atoms with Crippen molar-refractivity contribution in [3.05, 3.63) is 28.2 Å². The van der Waals surface area contributed by atoms with E-state index < -0.39 is 10.0 Å². The van der Waals surface area contributed by atoms with E-state index in [1.807, 2.05) is 6.92 Å². The van der Waals surface area contributed by atoms with Gasteiger partial charge in [0.2, 0.25) is 5.95 Å². The third-order valence-electron chi connectivity index (χ3n) is 2.13. The summed E-state index contributed by atoms with van der Waals surface area (Å²) in [6.07, 6.45) is 0. The number of sulfonamides is 1. The highest BCUT2D eigenvalue weighted by Gasteiger charge is 2.19. The molecule has 0 aliphatic heterocycles. The van der Waals surface area contributed by atoms with Crippen LogP contribution in [0.2, 0.25) is 0 Å². The minimum absolute atomic E-state index is 0.0534. The molecule has 1 aromatic heterocycles. The van der Waals surface area contributed by atoms with Crippen LogP contribution >= 0.6 is 15.9 Å². The summed E-state index contributed by atoms with van der Waals surface area (Å²) in [5.41, 5.74) is 6.62. The maximum Gasteiger partial charge on any atom is 0.299 e. The summed E-state index contributed by atoms with van der Waals surface area (Å²) >= 11 is 3.33. The molecule has 0 bridgehead atoms. The van der Waals surface area contributed by atoms with Crippen molar-refractivity contribution >= 4 is 37.6 Å². The van der Waals surface area contributed by atoms with Gasteiger partial charge in [0.1, 0.15) is 0 Å². The molecular weight excluding hydrogens is 322 g/mol. The number of hydrogen-bond acceptors (Lipinski definition) is 5. The van der Waals surface area contributed by atoms with Crippen molar-refractivity contribution in [2.75, 3.05) is 10.5 Å². The molecule has 0 aliphatic carbocycles. The van der Waals surface area contributed by atoms with Crippen molar-refractivity contribution < 1.29 is 8.42 Å². The minimum Gasteiger partial charge on any atom is -0.368 e. The molecule has 0 saturated heterocycles. The zero-order valence-electron chi connectivity index (χ0n) is 9.31. The topological polar surface area (TPSA) is 114 Å². The summed E-state index contributed by atoms with van der Waals surface area (Å²) in [4.78, 5) is 3.57. The molecule has 0 amide bonds. The largest absolute Gasteiger partial charge is 0.368 e. The number of nitrogen functional groups attached to an aromatic ring is 1. The zero-order chi connectivity index (χ0) is 13.3. The molecule has 0 spiro atoms. The summed E-state index contributed by atoms with van der Waals surface area (Å²) in [5, 5.41) is 5.39. The van der Waals surface area contributed by atoms with Crippen molar-refractivity contribution in [3.63, 3.8) is 0 Å². The highest BCUT2D eigenvalue weighted by molar-refractivity contribution is 9.10. The lowest BCUT2D eigenvalue weighted by Crippen LogP contribution is -2.14.